The Balaban J connectivity index is 1.70. The minimum Gasteiger partial charge on any atom is -0.489 e. The summed E-state index contributed by atoms with van der Waals surface area (Å²) >= 11 is 0. The Morgan fingerprint density at radius 2 is 1.91 bits per heavy atom. The second-order valence-corrected chi connectivity index (χ2v) is 7.76. The summed E-state index contributed by atoms with van der Waals surface area (Å²) in [5.41, 5.74) is 4.17. The van der Waals surface area contributed by atoms with Gasteiger partial charge in [0.1, 0.15) is 18.4 Å². The number of hydrogen-bond donors (Lipinski definition) is 1. The second-order valence-electron chi connectivity index (χ2n) is 7.76. The number of nitrogens with zero attached hydrogens (tertiary/aromatic N) is 4. The molecule has 1 aliphatic heterocycles. The van der Waals surface area contributed by atoms with E-state index in [1.54, 1.807) is 4.68 Å². The zero-order valence-corrected chi connectivity index (χ0v) is 18.5. The van der Waals surface area contributed by atoms with Gasteiger partial charge in [-0.3, -0.25) is 0 Å². The molecule has 0 amide bonds. The lowest BCUT2D eigenvalue weighted by molar-refractivity contribution is -0.139. The van der Waals surface area contributed by atoms with Crippen LogP contribution in [-0.2, 0) is 16.1 Å². The zero-order valence-electron chi connectivity index (χ0n) is 18.5. The van der Waals surface area contributed by atoms with Gasteiger partial charge in [-0.15, -0.1) is 0 Å². The van der Waals surface area contributed by atoms with E-state index in [1.807, 2.05) is 49.4 Å². The van der Waals surface area contributed by atoms with Crippen LogP contribution in [0.25, 0.3) is 0 Å². The average molecular weight is 434 g/mol. The molecule has 1 aromatic heterocycles. The van der Waals surface area contributed by atoms with Gasteiger partial charge in [-0.25, -0.2) is 4.79 Å². The van der Waals surface area contributed by atoms with Gasteiger partial charge in [0.15, 0.2) is 0 Å². The van der Waals surface area contributed by atoms with Crippen LogP contribution in [0.2, 0.25) is 0 Å². The van der Waals surface area contributed by atoms with Gasteiger partial charge in [-0.05, 0) is 47.9 Å². The molecule has 0 saturated carbocycles. The minimum atomic E-state index is -0.566. The Hall–Kier alpha value is -3.68. The van der Waals surface area contributed by atoms with Crippen LogP contribution in [-0.4, -0.2) is 32.8 Å². The molecule has 0 aliphatic carbocycles. The number of benzene rings is 2. The molecule has 1 atom stereocenters. The summed E-state index contributed by atoms with van der Waals surface area (Å²) in [7, 11) is 0. The monoisotopic (exact) mass is 433 g/mol. The van der Waals surface area contributed by atoms with Crippen LogP contribution in [0.15, 0.2) is 59.8 Å². The standard InChI is InChI=1S/C24H27N5O3/c1-4-5-14-31-23(30)21-17(3)25-24-26-27-28-29(24)22(21)19-12-8-9-13-20(19)32-15-18-11-7-6-10-16(18)2/h6-13,22H,4-5,14-15H2,1-3H3,(H,25,26,28). The number of ether oxygens (including phenoxy) is 2. The predicted octanol–water partition coefficient (Wildman–Crippen LogP) is 4.19. The topological polar surface area (TPSA) is 91.2 Å². The van der Waals surface area contributed by atoms with E-state index in [4.69, 9.17) is 9.47 Å². The Bertz CT molecular complexity index is 1140. The summed E-state index contributed by atoms with van der Waals surface area (Å²) < 4.78 is 13.4. The highest BCUT2D eigenvalue weighted by Crippen LogP contribution is 2.39. The van der Waals surface area contributed by atoms with Gasteiger partial charge >= 0.3 is 5.97 Å². The van der Waals surface area contributed by atoms with Crippen LogP contribution in [0.3, 0.4) is 0 Å². The van der Waals surface area contributed by atoms with Crippen LogP contribution >= 0.6 is 0 Å². The molecule has 3 aromatic rings. The van der Waals surface area contributed by atoms with Gasteiger partial charge in [0.2, 0.25) is 5.95 Å². The number of nitrogens with one attached hydrogen (secondary N) is 1. The van der Waals surface area contributed by atoms with Gasteiger partial charge in [0.05, 0.1) is 12.2 Å². The first-order valence-corrected chi connectivity index (χ1v) is 10.8. The molecule has 1 unspecified atom stereocenters. The maximum Gasteiger partial charge on any atom is 0.338 e. The van der Waals surface area contributed by atoms with Crippen molar-refractivity contribution in [3.8, 4) is 5.75 Å². The number of carbonyl (C=O) groups is 1. The maximum absolute atomic E-state index is 13.1. The van der Waals surface area contributed by atoms with Gasteiger partial charge in [0.25, 0.3) is 0 Å². The molecule has 2 aromatic carbocycles. The molecule has 1 N–H and O–H groups in total. The fourth-order valence-electron chi connectivity index (χ4n) is 3.72. The summed E-state index contributed by atoms with van der Waals surface area (Å²) in [5.74, 6) is 0.741. The van der Waals surface area contributed by atoms with Crippen molar-refractivity contribution < 1.29 is 14.3 Å². The van der Waals surface area contributed by atoms with Crippen LogP contribution in [0.1, 0.15) is 49.4 Å². The number of allylic oxidation sites excluding steroid dienone is 1. The highest BCUT2D eigenvalue weighted by molar-refractivity contribution is 5.92. The average Bonchev–Trinajstić information content (AvgIpc) is 3.26. The summed E-state index contributed by atoms with van der Waals surface area (Å²) in [6, 6.07) is 15.2. The quantitative estimate of drug-likeness (QED) is 0.421. The summed E-state index contributed by atoms with van der Waals surface area (Å²) in [6.07, 6.45) is 1.75. The SMILES string of the molecule is CCCCOC(=O)C1=C(C)Nc2nnnn2C1c1ccccc1OCc1ccccc1C. The van der Waals surface area contributed by atoms with E-state index in [0.29, 0.717) is 36.2 Å². The van der Waals surface area contributed by atoms with E-state index in [-0.39, 0.29) is 5.97 Å². The first-order valence-electron chi connectivity index (χ1n) is 10.8. The van der Waals surface area contributed by atoms with Crippen LogP contribution in [0.4, 0.5) is 5.95 Å². The number of para-hydroxylation sites is 1. The molecule has 0 radical (unpaired) electrons. The summed E-state index contributed by atoms with van der Waals surface area (Å²) in [6.45, 7) is 6.72. The molecule has 32 heavy (non-hydrogen) atoms. The molecule has 8 nitrogen and oxygen atoms in total. The molecule has 1 aliphatic rings. The second kappa shape index (κ2) is 9.64. The Labute approximate surface area is 187 Å². The van der Waals surface area contributed by atoms with Crippen molar-refractivity contribution >= 4 is 11.9 Å². The molecule has 0 saturated heterocycles. The largest absolute Gasteiger partial charge is 0.489 e. The lowest BCUT2D eigenvalue weighted by Gasteiger charge is -2.28. The van der Waals surface area contributed by atoms with Crippen molar-refractivity contribution in [3.05, 3.63) is 76.5 Å². The van der Waals surface area contributed by atoms with E-state index in [2.05, 4.69) is 40.8 Å². The van der Waals surface area contributed by atoms with Crippen molar-refractivity contribution in [2.45, 2.75) is 46.3 Å². The molecular weight excluding hydrogens is 406 g/mol. The number of hydrogen-bond acceptors (Lipinski definition) is 7. The number of aryl methyl sites for hydroxylation is 1. The molecular formula is C24H27N5O3. The number of tetrazole rings is 1. The van der Waals surface area contributed by atoms with Crippen molar-refractivity contribution in [2.75, 3.05) is 11.9 Å². The van der Waals surface area contributed by atoms with Crippen molar-refractivity contribution in [1.82, 2.24) is 20.2 Å². The molecule has 8 heteroatoms. The van der Waals surface area contributed by atoms with Gasteiger partial charge in [-0.2, -0.15) is 4.68 Å². The summed E-state index contributed by atoms with van der Waals surface area (Å²) in [4.78, 5) is 13.1. The Kier molecular flexibility index (Phi) is 6.49. The third-order valence-corrected chi connectivity index (χ3v) is 5.52. The first-order chi connectivity index (χ1) is 15.6. The van der Waals surface area contributed by atoms with Crippen molar-refractivity contribution in [3.63, 3.8) is 0 Å². The first kappa shape index (κ1) is 21.5. The molecule has 2 heterocycles. The summed E-state index contributed by atoms with van der Waals surface area (Å²) in [5, 5.41) is 15.1. The fourth-order valence-corrected chi connectivity index (χ4v) is 3.72. The van der Waals surface area contributed by atoms with E-state index in [9.17, 15) is 4.79 Å². The lowest BCUT2D eigenvalue weighted by Crippen LogP contribution is -2.30. The van der Waals surface area contributed by atoms with Crippen LogP contribution in [0.5, 0.6) is 5.75 Å². The van der Waals surface area contributed by atoms with Gasteiger partial charge in [-0.1, -0.05) is 60.9 Å². The number of carbonyl (C=O) groups excluding carboxylic acids is 1. The molecule has 4 rings (SSSR count). The molecule has 166 valence electrons. The Morgan fingerprint density at radius 3 is 2.72 bits per heavy atom. The maximum atomic E-state index is 13.1. The third kappa shape index (κ3) is 4.34. The number of fused-ring (bicyclic) bond motifs is 1. The van der Waals surface area contributed by atoms with E-state index < -0.39 is 6.04 Å². The number of rotatable bonds is 8. The van der Waals surface area contributed by atoms with E-state index >= 15 is 0 Å². The third-order valence-electron chi connectivity index (χ3n) is 5.52. The molecule has 0 spiro atoms. The Morgan fingerprint density at radius 1 is 1.12 bits per heavy atom. The lowest BCUT2D eigenvalue weighted by atomic mass is 9.95. The van der Waals surface area contributed by atoms with Gasteiger partial charge < -0.3 is 14.8 Å². The van der Waals surface area contributed by atoms with Crippen molar-refractivity contribution in [1.29, 1.82) is 0 Å². The predicted molar refractivity (Wildman–Crippen MR) is 120 cm³/mol. The highest BCUT2D eigenvalue weighted by Gasteiger charge is 2.36. The van der Waals surface area contributed by atoms with Crippen molar-refractivity contribution in [2.24, 2.45) is 0 Å². The molecule has 0 bridgehead atoms. The minimum absolute atomic E-state index is 0.368. The van der Waals surface area contributed by atoms with Crippen LogP contribution in [0, 0.1) is 6.92 Å². The number of unbranched alkanes of at least 4 members (excludes halogenated alkanes) is 1. The van der Waals surface area contributed by atoms with Crippen LogP contribution < -0.4 is 10.1 Å². The highest BCUT2D eigenvalue weighted by atomic mass is 16.5. The number of aromatic nitrogens is 4. The van der Waals surface area contributed by atoms with E-state index in [1.165, 1.54) is 0 Å². The molecule has 0 fully saturated rings. The van der Waals surface area contributed by atoms with E-state index in [0.717, 1.165) is 29.5 Å². The zero-order chi connectivity index (χ0) is 22.5. The smallest absolute Gasteiger partial charge is 0.338 e. The van der Waals surface area contributed by atoms with Gasteiger partial charge in [0, 0.05) is 11.3 Å². The fraction of sp³-hybridized carbons (Fsp3) is 0.333. The number of esters is 1. The normalized spacial score (nSPS) is 15.2. The number of anilines is 1.